The van der Waals surface area contributed by atoms with Gasteiger partial charge in [-0.25, -0.2) is 9.97 Å². The van der Waals surface area contributed by atoms with E-state index >= 15 is 0 Å². The van der Waals surface area contributed by atoms with Crippen molar-refractivity contribution in [2.24, 2.45) is 0 Å². The lowest BCUT2D eigenvalue weighted by molar-refractivity contribution is 1.07. The van der Waals surface area contributed by atoms with E-state index < -0.39 is 0 Å². The van der Waals surface area contributed by atoms with Crippen LogP contribution in [0, 0.1) is 0 Å². The minimum atomic E-state index is 0.943. The van der Waals surface area contributed by atoms with Crippen LogP contribution >= 0.6 is 11.3 Å². The highest BCUT2D eigenvalue weighted by Gasteiger charge is 2.08. The minimum Gasteiger partial charge on any atom is -0.363 e. The van der Waals surface area contributed by atoms with E-state index in [0.29, 0.717) is 0 Å². The van der Waals surface area contributed by atoms with Crippen molar-refractivity contribution in [1.82, 2.24) is 9.97 Å². The number of hydrogen-bond acceptors (Lipinski definition) is 4. The highest BCUT2D eigenvalue weighted by Crippen LogP contribution is 2.29. The Bertz CT molecular complexity index is 705. The first-order valence-corrected chi connectivity index (χ1v) is 7.27. The van der Waals surface area contributed by atoms with Gasteiger partial charge in [0.1, 0.15) is 10.8 Å². The number of thiazole rings is 1. The van der Waals surface area contributed by atoms with Crippen LogP contribution in [0.4, 0.5) is 5.82 Å². The standard InChI is InChI=1S/C16H15N3S/c1-19(2)15-10-13(8-9-17-15)16-18-14(11-20-16)12-6-4-3-5-7-12/h3-11H,1-2H3. The summed E-state index contributed by atoms with van der Waals surface area (Å²) in [5.41, 5.74) is 3.28. The van der Waals surface area contributed by atoms with E-state index in [-0.39, 0.29) is 0 Å². The van der Waals surface area contributed by atoms with Crippen molar-refractivity contribution in [2.45, 2.75) is 0 Å². The van der Waals surface area contributed by atoms with Crippen LogP contribution in [0.1, 0.15) is 0 Å². The molecule has 0 saturated heterocycles. The number of hydrogen-bond donors (Lipinski definition) is 0. The molecule has 0 amide bonds. The van der Waals surface area contributed by atoms with Gasteiger partial charge in [0.25, 0.3) is 0 Å². The average Bonchev–Trinajstić information content (AvgIpc) is 2.98. The number of pyridine rings is 1. The molecule has 1 aromatic carbocycles. The maximum absolute atomic E-state index is 4.72. The fourth-order valence-corrected chi connectivity index (χ4v) is 2.77. The molecule has 2 aromatic heterocycles. The second kappa shape index (κ2) is 5.43. The average molecular weight is 281 g/mol. The lowest BCUT2D eigenvalue weighted by atomic mass is 10.2. The fourth-order valence-electron chi connectivity index (χ4n) is 1.94. The monoisotopic (exact) mass is 281 g/mol. The van der Waals surface area contributed by atoms with E-state index in [9.17, 15) is 0 Å². The Morgan fingerprint density at radius 2 is 1.80 bits per heavy atom. The first-order valence-electron chi connectivity index (χ1n) is 6.39. The summed E-state index contributed by atoms with van der Waals surface area (Å²) in [6, 6.07) is 14.3. The molecule has 0 fully saturated rings. The van der Waals surface area contributed by atoms with Crippen molar-refractivity contribution in [3.05, 3.63) is 54.0 Å². The third kappa shape index (κ3) is 2.56. The molecule has 0 N–H and O–H groups in total. The molecule has 100 valence electrons. The van der Waals surface area contributed by atoms with Gasteiger partial charge in [-0.2, -0.15) is 0 Å². The Labute approximate surface area is 122 Å². The molecule has 0 aliphatic rings. The summed E-state index contributed by atoms with van der Waals surface area (Å²) in [5, 5.41) is 3.12. The van der Waals surface area contributed by atoms with Gasteiger partial charge in [0.05, 0.1) is 5.69 Å². The molecular weight excluding hydrogens is 266 g/mol. The summed E-state index contributed by atoms with van der Waals surface area (Å²) in [4.78, 5) is 11.1. The minimum absolute atomic E-state index is 0.943. The van der Waals surface area contributed by atoms with E-state index in [0.717, 1.165) is 27.6 Å². The largest absolute Gasteiger partial charge is 0.363 e. The third-order valence-electron chi connectivity index (χ3n) is 3.02. The van der Waals surface area contributed by atoms with Gasteiger partial charge >= 0.3 is 0 Å². The second-order valence-corrected chi connectivity index (χ2v) is 5.56. The van der Waals surface area contributed by atoms with Crippen LogP contribution in [0.15, 0.2) is 54.0 Å². The van der Waals surface area contributed by atoms with Gasteiger partial charge < -0.3 is 4.90 Å². The van der Waals surface area contributed by atoms with Crippen molar-refractivity contribution in [2.75, 3.05) is 19.0 Å². The van der Waals surface area contributed by atoms with E-state index in [1.165, 1.54) is 0 Å². The zero-order valence-corrected chi connectivity index (χ0v) is 12.3. The van der Waals surface area contributed by atoms with Crippen LogP contribution in [0.3, 0.4) is 0 Å². The smallest absolute Gasteiger partial charge is 0.128 e. The van der Waals surface area contributed by atoms with Crippen LogP contribution < -0.4 is 4.90 Å². The molecule has 0 radical (unpaired) electrons. The van der Waals surface area contributed by atoms with Gasteiger partial charge in [-0.3, -0.25) is 0 Å². The molecule has 0 atom stereocenters. The summed E-state index contributed by atoms with van der Waals surface area (Å²) < 4.78 is 0. The number of aromatic nitrogens is 2. The molecule has 0 unspecified atom stereocenters. The van der Waals surface area contributed by atoms with Crippen molar-refractivity contribution in [3.8, 4) is 21.8 Å². The molecule has 0 bridgehead atoms. The molecule has 3 rings (SSSR count). The van der Waals surface area contributed by atoms with Gasteiger partial charge in [0.15, 0.2) is 0 Å². The Balaban J connectivity index is 1.96. The SMILES string of the molecule is CN(C)c1cc(-c2nc(-c3ccccc3)cs2)ccn1. The summed E-state index contributed by atoms with van der Waals surface area (Å²) in [6.45, 7) is 0. The zero-order chi connectivity index (χ0) is 13.9. The van der Waals surface area contributed by atoms with Crippen molar-refractivity contribution in [3.63, 3.8) is 0 Å². The van der Waals surface area contributed by atoms with Crippen molar-refractivity contribution < 1.29 is 0 Å². The summed E-state index contributed by atoms with van der Waals surface area (Å²) >= 11 is 1.66. The molecule has 0 aliphatic heterocycles. The van der Waals surface area contributed by atoms with Gasteiger partial charge in [-0.1, -0.05) is 30.3 Å². The van der Waals surface area contributed by atoms with Crippen LogP contribution in [-0.4, -0.2) is 24.1 Å². The maximum Gasteiger partial charge on any atom is 0.128 e. The summed E-state index contributed by atoms with van der Waals surface area (Å²) in [7, 11) is 3.98. The Morgan fingerprint density at radius 1 is 1.00 bits per heavy atom. The lowest BCUT2D eigenvalue weighted by Crippen LogP contribution is -2.10. The van der Waals surface area contributed by atoms with E-state index in [1.807, 2.05) is 49.5 Å². The van der Waals surface area contributed by atoms with E-state index in [4.69, 9.17) is 4.98 Å². The van der Waals surface area contributed by atoms with Crippen molar-refractivity contribution >= 4 is 17.2 Å². The van der Waals surface area contributed by atoms with Crippen LogP contribution in [0.5, 0.6) is 0 Å². The highest BCUT2D eigenvalue weighted by molar-refractivity contribution is 7.13. The number of rotatable bonds is 3. The van der Waals surface area contributed by atoms with Gasteiger partial charge in [0.2, 0.25) is 0 Å². The maximum atomic E-state index is 4.72. The Hall–Kier alpha value is -2.20. The molecule has 20 heavy (non-hydrogen) atoms. The number of anilines is 1. The summed E-state index contributed by atoms with van der Waals surface area (Å²) in [6.07, 6.45) is 1.83. The predicted molar refractivity (Wildman–Crippen MR) is 85.1 cm³/mol. The quantitative estimate of drug-likeness (QED) is 0.728. The summed E-state index contributed by atoms with van der Waals surface area (Å²) in [5.74, 6) is 0.943. The molecule has 0 saturated carbocycles. The molecule has 0 aliphatic carbocycles. The van der Waals surface area contributed by atoms with E-state index in [1.54, 1.807) is 11.3 Å². The van der Waals surface area contributed by atoms with Gasteiger partial charge in [0, 0.05) is 36.8 Å². The molecule has 3 aromatic rings. The van der Waals surface area contributed by atoms with Gasteiger partial charge in [-0.05, 0) is 12.1 Å². The predicted octanol–water partition coefficient (Wildman–Crippen LogP) is 3.94. The lowest BCUT2D eigenvalue weighted by Gasteiger charge is -2.11. The first kappa shape index (κ1) is 12.8. The first-order chi connectivity index (χ1) is 9.74. The normalized spacial score (nSPS) is 10.5. The molecule has 3 nitrogen and oxygen atoms in total. The Morgan fingerprint density at radius 3 is 2.55 bits per heavy atom. The number of nitrogens with zero attached hydrogens (tertiary/aromatic N) is 3. The van der Waals surface area contributed by atoms with E-state index in [2.05, 4.69) is 28.6 Å². The Kier molecular flexibility index (Phi) is 3.48. The van der Waals surface area contributed by atoms with Crippen LogP contribution in [0.2, 0.25) is 0 Å². The fraction of sp³-hybridized carbons (Fsp3) is 0.125. The molecule has 0 spiro atoms. The number of benzene rings is 1. The van der Waals surface area contributed by atoms with Crippen molar-refractivity contribution in [1.29, 1.82) is 0 Å². The van der Waals surface area contributed by atoms with Gasteiger partial charge in [-0.15, -0.1) is 11.3 Å². The molecule has 2 heterocycles. The third-order valence-corrected chi connectivity index (χ3v) is 3.92. The zero-order valence-electron chi connectivity index (χ0n) is 11.4. The van der Waals surface area contributed by atoms with Crippen LogP contribution in [-0.2, 0) is 0 Å². The second-order valence-electron chi connectivity index (χ2n) is 4.70. The molecule has 4 heteroatoms. The highest BCUT2D eigenvalue weighted by atomic mass is 32.1. The topological polar surface area (TPSA) is 29.0 Å². The molecular formula is C16H15N3S. The van der Waals surface area contributed by atoms with Crippen LogP contribution in [0.25, 0.3) is 21.8 Å².